The van der Waals surface area contributed by atoms with Crippen LogP contribution in [0.25, 0.3) is 5.69 Å². The molecule has 3 rings (SSSR count). The average molecular weight is 273 g/mol. The molecule has 1 saturated carbocycles. The molecule has 1 heterocycles. The number of aromatic nitrogens is 3. The van der Waals surface area contributed by atoms with Crippen LogP contribution in [0.2, 0.25) is 0 Å². The number of hydrogen-bond acceptors (Lipinski definition) is 5. The van der Waals surface area contributed by atoms with Crippen molar-refractivity contribution in [2.24, 2.45) is 5.73 Å². The maximum absolute atomic E-state index is 10.9. The summed E-state index contributed by atoms with van der Waals surface area (Å²) < 4.78 is 1.69. The highest BCUT2D eigenvalue weighted by atomic mass is 16.6. The Bertz CT molecular complexity index is 648. The summed E-state index contributed by atoms with van der Waals surface area (Å²) in [7, 11) is 0. The van der Waals surface area contributed by atoms with Crippen molar-refractivity contribution in [3.8, 4) is 5.69 Å². The zero-order valence-electron chi connectivity index (χ0n) is 10.9. The number of non-ortho nitro benzene ring substituents is 1. The molecule has 0 atom stereocenters. The number of nitro benzene ring substituents is 1. The van der Waals surface area contributed by atoms with E-state index in [1.165, 1.54) is 18.6 Å². The van der Waals surface area contributed by atoms with E-state index in [0.717, 1.165) is 24.2 Å². The van der Waals surface area contributed by atoms with Crippen LogP contribution in [0.1, 0.15) is 36.6 Å². The van der Waals surface area contributed by atoms with Crippen molar-refractivity contribution in [3.63, 3.8) is 0 Å². The van der Waals surface area contributed by atoms with Crippen LogP contribution >= 0.6 is 0 Å². The van der Waals surface area contributed by atoms with Gasteiger partial charge in [-0.2, -0.15) is 0 Å². The Morgan fingerprint density at radius 1 is 1.45 bits per heavy atom. The lowest BCUT2D eigenvalue weighted by molar-refractivity contribution is -0.384. The van der Waals surface area contributed by atoms with Gasteiger partial charge in [0.25, 0.3) is 5.69 Å². The van der Waals surface area contributed by atoms with Crippen molar-refractivity contribution >= 4 is 5.69 Å². The number of rotatable bonds is 4. The fraction of sp³-hybridized carbons (Fsp3) is 0.385. The minimum Gasteiger partial charge on any atom is -0.325 e. The molecule has 0 bridgehead atoms. The Morgan fingerprint density at radius 3 is 2.85 bits per heavy atom. The van der Waals surface area contributed by atoms with E-state index in [1.807, 2.05) is 0 Å². The molecule has 7 heteroatoms. The number of nitro groups is 1. The number of nitrogens with two attached hydrogens (primary N) is 1. The molecule has 1 aliphatic rings. The molecule has 2 aromatic rings. The normalized spacial score (nSPS) is 15.1. The fourth-order valence-electron chi connectivity index (χ4n) is 2.49. The summed E-state index contributed by atoms with van der Waals surface area (Å²) in [6.07, 6.45) is 3.37. The Kier molecular flexibility index (Phi) is 3.19. The molecule has 1 aliphatic carbocycles. The lowest BCUT2D eigenvalue weighted by Gasteiger charge is -2.26. The van der Waals surface area contributed by atoms with E-state index in [0.29, 0.717) is 18.2 Å². The van der Waals surface area contributed by atoms with E-state index in [4.69, 9.17) is 5.73 Å². The lowest BCUT2D eigenvalue weighted by atomic mass is 9.82. The molecule has 0 aliphatic heterocycles. The highest BCUT2D eigenvalue weighted by Gasteiger charge is 2.28. The third-order valence-electron chi connectivity index (χ3n) is 3.75. The third-order valence-corrected chi connectivity index (χ3v) is 3.75. The van der Waals surface area contributed by atoms with Crippen LogP contribution in [-0.4, -0.2) is 19.9 Å². The topological polar surface area (TPSA) is 99.9 Å². The van der Waals surface area contributed by atoms with Gasteiger partial charge in [-0.15, -0.1) is 5.10 Å². The Morgan fingerprint density at radius 2 is 2.25 bits per heavy atom. The van der Waals surface area contributed by atoms with Crippen molar-refractivity contribution in [2.75, 3.05) is 0 Å². The molecule has 0 spiro atoms. The van der Waals surface area contributed by atoms with Crippen molar-refractivity contribution in [2.45, 2.75) is 31.7 Å². The van der Waals surface area contributed by atoms with Gasteiger partial charge in [0.05, 0.1) is 16.3 Å². The summed E-state index contributed by atoms with van der Waals surface area (Å²) in [6, 6.07) is 6.43. The standard InChI is InChI=1S/C13H15N5O2/c14-8-12-13(9-3-1-4-9)17(16-15-12)10-5-2-6-11(7-10)18(19)20/h2,5-7,9H,1,3-4,8,14H2. The molecule has 0 unspecified atom stereocenters. The first kappa shape index (κ1) is 12.7. The highest BCUT2D eigenvalue weighted by Crippen LogP contribution is 2.38. The van der Waals surface area contributed by atoms with Gasteiger partial charge in [-0.25, -0.2) is 4.68 Å². The fourth-order valence-corrected chi connectivity index (χ4v) is 2.49. The SMILES string of the molecule is NCc1nnn(-c2cccc([N+](=O)[O-])c2)c1C1CCC1. The molecule has 7 nitrogen and oxygen atoms in total. The molecule has 2 N–H and O–H groups in total. The van der Waals surface area contributed by atoms with Crippen molar-refractivity contribution in [3.05, 3.63) is 45.8 Å². The summed E-state index contributed by atoms with van der Waals surface area (Å²) in [4.78, 5) is 10.5. The highest BCUT2D eigenvalue weighted by molar-refractivity contribution is 5.44. The summed E-state index contributed by atoms with van der Waals surface area (Å²) in [5.74, 6) is 0.405. The molecule has 1 aromatic carbocycles. The van der Waals surface area contributed by atoms with Crippen molar-refractivity contribution < 1.29 is 4.92 Å². The van der Waals surface area contributed by atoms with Gasteiger partial charge >= 0.3 is 0 Å². The number of nitrogens with zero attached hydrogens (tertiary/aromatic N) is 4. The van der Waals surface area contributed by atoms with Gasteiger partial charge in [0.1, 0.15) is 5.69 Å². The first-order chi connectivity index (χ1) is 9.70. The maximum atomic E-state index is 10.9. The van der Waals surface area contributed by atoms with Crippen LogP contribution in [0, 0.1) is 10.1 Å². The minimum atomic E-state index is -0.409. The second kappa shape index (κ2) is 5.01. The molecule has 0 radical (unpaired) electrons. The van der Waals surface area contributed by atoms with Crippen molar-refractivity contribution in [1.29, 1.82) is 0 Å². The summed E-state index contributed by atoms with van der Waals surface area (Å²) in [6.45, 7) is 0.334. The molecular formula is C13H15N5O2. The number of benzene rings is 1. The minimum absolute atomic E-state index is 0.0480. The van der Waals surface area contributed by atoms with Crippen LogP contribution in [0.4, 0.5) is 5.69 Å². The monoisotopic (exact) mass is 273 g/mol. The van der Waals surface area contributed by atoms with Crippen LogP contribution in [0.5, 0.6) is 0 Å². The van der Waals surface area contributed by atoms with E-state index < -0.39 is 4.92 Å². The molecule has 1 aromatic heterocycles. The van der Waals surface area contributed by atoms with Gasteiger partial charge in [0.2, 0.25) is 0 Å². The van der Waals surface area contributed by atoms with Crippen LogP contribution in [-0.2, 0) is 6.54 Å². The number of hydrogen-bond donors (Lipinski definition) is 1. The van der Waals surface area contributed by atoms with Gasteiger partial charge in [0.15, 0.2) is 0 Å². The zero-order chi connectivity index (χ0) is 14.1. The van der Waals surface area contributed by atoms with E-state index in [9.17, 15) is 10.1 Å². The maximum Gasteiger partial charge on any atom is 0.271 e. The predicted molar refractivity (Wildman–Crippen MR) is 72.5 cm³/mol. The molecular weight excluding hydrogens is 258 g/mol. The Hall–Kier alpha value is -2.28. The second-order valence-electron chi connectivity index (χ2n) is 4.94. The Labute approximate surface area is 115 Å². The Balaban J connectivity index is 2.07. The lowest BCUT2D eigenvalue weighted by Crippen LogP contribution is -2.17. The summed E-state index contributed by atoms with van der Waals surface area (Å²) in [5, 5.41) is 19.1. The largest absolute Gasteiger partial charge is 0.325 e. The summed E-state index contributed by atoms with van der Waals surface area (Å²) in [5.41, 5.74) is 8.20. The van der Waals surface area contributed by atoms with Gasteiger partial charge in [-0.1, -0.05) is 17.7 Å². The molecule has 0 saturated heterocycles. The zero-order valence-corrected chi connectivity index (χ0v) is 10.9. The third kappa shape index (κ3) is 2.05. The molecule has 104 valence electrons. The van der Waals surface area contributed by atoms with Crippen LogP contribution in [0.3, 0.4) is 0 Å². The van der Waals surface area contributed by atoms with Gasteiger partial charge in [0, 0.05) is 24.6 Å². The summed E-state index contributed by atoms with van der Waals surface area (Å²) >= 11 is 0. The smallest absolute Gasteiger partial charge is 0.271 e. The first-order valence-corrected chi connectivity index (χ1v) is 6.60. The van der Waals surface area contributed by atoms with E-state index >= 15 is 0 Å². The molecule has 0 amide bonds. The predicted octanol–water partition coefficient (Wildman–Crippen LogP) is 1.90. The quantitative estimate of drug-likeness (QED) is 0.677. The van der Waals surface area contributed by atoms with E-state index in [-0.39, 0.29) is 5.69 Å². The first-order valence-electron chi connectivity index (χ1n) is 6.60. The second-order valence-corrected chi connectivity index (χ2v) is 4.94. The van der Waals surface area contributed by atoms with E-state index in [2.05, 4.69) is 10.3 Å². The molecule has 1 fully saturated rings. The van der Waals surface area contributed by atoms with Crippen LogP contribution < -0.4 is 5.73 Å². The van der Waals surface area contributed by atoms with Gasteiger partial charge in [-0.05, 0) is 18.9 Å². The van der Waals surface area contributed by atoms with Crippen LogP contribution in [0.15, 0.2) is 24.3 Å². The van der Waals surface area contributed by atoms with Crippen molar-refractivity contribution in [1.82, 2.24) is 15.0 Å². The molecule has 20 heavy (non-hydrogen) atoms. The van der Waals surface area contributed by atoms with E-state index in [1.54, 1.807) is 16.8 Å². The van der Waals surface area contributed by atoms with Gasteiger partial charge in [-0.3, -0.25) is 10.1 Å². The average Bonchev–Trinajstić information content (AvgIpc) is 2.80. The van der Waals surface area contributed by atoms with Gasteiger partial charge < -0.3 is 5.73 Å².